The summed E-state index contributed by atoms with van der Waals surface area (Å²) in [5.41, 5.74) is 7.40. The van der Waals surface area contributed by atoms with Gasteiger partial charge in [0.15, 0.2) is 0 Å². The van der Waals surface area contributed by atoms with Gasteiger partial charge in [-0.1, -0.05) is 12.8 Å². The zero-order valence-corrected chi connectivity index (χ0v) is 12.3. The van der Waals surface area contributed by atoms with Crippen molar-refractivity contribution in [1.29, 1.82) is 0 Å². The minimum atomic E-state index is -0.967. The largest absolute Gasteiger partial charge is 0.478 e. The molecule has 1 saturated heterocycles. The molecule has 0 radical (unpaired) electrons. The van der Waals surface area contributed by atoms with Crippen molar-refractivity contribution in [3.8, 4) is 0 Å². The Kier molecular flexibility index (Phi) is 4.01. The van der Waals surface area contributed by atoms with Gasteiger partial charge in [0.2, 0.25) is 0 Å². The summed E-state index contributed by atoms with van der Waals surface area (Å²) in [6.07, 6.45) is 5.44. The molecule has 0 bridgehead atoms. The van der Waals surface area contributed by atoms with Gasteiger partial charge in [-0.2, -0.15) is 0 Å². The molecule has 0 unspecified atom stereocenters. The van der Waals surface area contributed by atoms with E-state index >= 15 is 0 Å². The van der Waals surface area contributed by atoms with Crippen LogP contribution in [0.2, 0.25) is 0 Å². The second-order valence-corrected chi connectivity index (χ2v) is 6.04. The normalized spacial score (nSPS) is 20.9. The Morgan fingerprint density at radius 3 is 2.38 bits per heavy atom. The Bertz CT molecular complexity index is 518. The topological polar surface area (TPSA) is 69.8 Å². The molecule has 1 aliphatic carbocycles. The molecule has 21 heavy (non-hydrogen) atoms. The third-order valence-corrected chi connectivity index (χ3v) is 4.79. The van der Waals surface area contributed by atoms with Crippen LogP contribution in [0.5, 0.6) is 0 Å². The number of rotatable bonds is 3. The van der Waals surface area contributed by atoms with Crippen LogP contribution < -0.4 is 10.6 Å². The van der Waals surface area contributed by atoms with E-state index in [1.54, 1.807) is 12.1 Å². The Hall–Kier alpha value is -1.75. The highest BCUT2D eigenvalue weighted by Crippen LogP contribution is 2.27. The summed E-state index contributed by atoms with van der Waals surface area (Å²) in [5, 5.41) is 9.02. The molecule has 0 atom stereocenters. The fourth-order valence-electron chi connectivity index (χ4n) is 3.56. The first-order chi connectivity index (χ1) is 10.1. The molecule has 2 fully saturated rings. The predicted octanol–water partition coefficient (Wildman–Crippen LogP) is 2.03. The van der Waals surface area contributed by atoms with E-state index < -0.39 is 5.97 Å². The zero-order chi connectivity index (χ0) is 14.8. The Morgan fingerprint density at radius 1 is 1.14 bits per heavy atom. The van der Waals surface area contributed by atoms with Crippen molar-refractivity contribution in [2.24, 2.45) is 0 Å². The number of nitrogens with two attached hydrogens (primary N) is 1. The van der Waals surface area contributed by atoms with Gasteiger partial charge < -0.3 is 15.7 Å². The van der Waals surface area contributed by atoms with Gasteiger partial charge in [0.25, 0.3) is 0 Å². The third kappa shape index (κ3) is 2.97. The molecule has 5 nitrogen and oxygen atoms in total. The molecule has 2 aliphatic rings. The van der Waals surface area contributed by atoms with Crippen molar-refractivity contribution in [2.75, 3.05) is 36.8 Å². The lowest BCUT2D eigenvalue weighted by atomic mass is 10.1. The SMILES string of the molecule is Nc1cc(N2CCN(C3CCCC3)CC2)ccc1C(=O)O. The number of benzene rings is 1. The van der Waals surface area contributed by atoms with Crippen molar-refractivity contribution < 1.29 is 9.90 Å². The van der Waals surface area contributed by atoms with Crippen molar-refractivity contribution in [3.63, 3.8) is 0 Å². The van der Waals surface area contributed by atoms with Gasteiger partial charge in [0.1, 0.15) is 0 Å². The maximum absolute atomic E-state index is 11.0. The van der Waals surface area contributed by atoms with E-state index in [4.69, 9.17) is 10.8 Å². The van der Waals surface area contributed by atoms with E-state index in [0.717, 1.165) is 37.9 Å². The van der Waals surface area contributed by atoms with Crippen LogP contribution in [0.1, 0.15) is 36.0 Å². The van der Waals surface area contributed by atoms with E-state index in [1.807, 2.05) is 6.07 Å². The van der Waals surface area contributed by atoms with Crippen LogP contribution in [0.4, 0.5) is 11.4 Å². The smallest absolute Gasteiger partial charge is 0.337 e. The number of hydrogen-bond acceptors (Lipinski definition) is 4. The van der Waals surface area contributed by atoms with E-state index in [-0.39, 0.29) is 5.56 Å². The monoisotopic (exact) mass is 289 g/mol. The van der Waals surface area contributed by atoms with Crippen LogP contribution in [0.15, 0.2) is 18.2 Å². The molecular formula is C16H23N3O2. The van der Waals surface area contributed by atoms with Crippen molar-refractivity contribution in [2.45, 2.75) is 31.7 Å². The molecule has 1 aromatic carbocycles. The molecule has 3 rings (SSSR count). The van der Waals surface area contributed by atoms with E-state index in [9.17, 15) is 4.79 Å². The molecule has 1 saturated carbocycles. The van der Waals surface area contributed by atoms with Crippen molar-refractivity contribution in [3.05, 3.63) is 23.8 Å². The number of nitrogens with zero attached hydrogens (tertiary/aromatic N) is 2. The third-order valence-electron chi connectivity index (χ3n) is 4.79. The van der Waals surface area contributed by atoms with E-state index in [1.165, 1.54) is 25.7 Å². The lowest BCUT2D eigenvalue weighted by Crippen LogP contribution is -2.49. The van der Waals surface area contributed by atoms with Crippen LogP contribution in [-0.2, 0) is 0 Å². The molecule has 1 heterocycles. The van der Waals surface area contributed by atoms with Crippen LogP contribution >= 0.6 is 0 Å². The van der Waals surface area contributed by atoms with Gasteiger partial charge in [0, 0.05) is 43.6 Å². The number of nitrogen functional groups attached to an aromatic ring is 1. The number of carbonyl (C=O) groups is 1. The average molecular weight is 289 g/mol. The maximum atomic E-state index is 11.0. The van der Waals surface area contributed by atoms with Crippen LogP contribution in [-0.4, -0.2) is 48.2 Å². The quantitative estimate of drug-likeness (QED) is 0.833. The Labute approximate surface area is 125 Å². The second kappa shape index (κ2) is 5.93. The number of anilines is 2. The summed E-state index contributed by atoms with van der Waals surface area (Å²) < 4.78 is 0. The molecular weight excluding hydrogens is 266 g/mol. The molecule has 1 aromatic rings. The fourth-order valence-corrected chi connectivity index (χ4v) is 3.56. The van der Waals surface area contributed by atoms with Crippen LogP contribution in [0.3, 0.4) is 0 Å². The molecule has 5 heteroatoms. The number of carboxylic acids is 1. The fraction of sp³-hybridized carbons (Fsp3) is 0.562. The summed E-state index contributed by atoms with van der Waals surface area (Å²) in [4.78, 5) is 15.9. The van der Waals surface area contributed by atoms with E-state index in [0.29, 0.717) is 5.69 Å². The highest BCUT2D eigenvalue weighted by molar-refractivity contribution is 5.94. The summed E-state index contributed by atoms with van der Waals surface area (Å²) in [6.45, 7) is 4.15. The van der Waals surface area contributed by atoms with E-state index in [2.05, 4.69) is 9.80 Å². The predicted molar refractivity (Wildman–Crippen MR) is 83.9 cm³/mol. The maximum Gasteiger partial charge on any atom is 0.337 e. The van der Waals surface area contributed by atoms with Crippen LogP contribution in [0.25, 0.3) is 0 Å². The Morgan fingerprint density at radius 2 is 1.81 bits per heavy atom. The highest BCUT2D eigenvalue weighted by atomic mass is 16.4. The summed E-state index contributed by atoms with van der Waals surface area (Å²) in [5.74, 6) is -0.967. The molecule has 0 spiro atoms. The Balaban J connectivity index is 1.64. The van der Waals surface area contributed by atoms with Gasteiger partial charge >= 0.3 is 5.97 Å². The minimum Gasteiger partial charge on any atom is -0.478 e. The van der Waals surface area contributed by atoms with Gasteiger partial charge in [-0.15, -0.1) is 0 Å². The van der Waals surface area contributed by atoms with Gasteiger partial charge in [-0.3, -0.25) is 4.90 Å². The first-order valence-corrected chi connectivity index (χ1v) is 7.77. The number of carboxylic acid groups (broad SMARTS) is 1. The minimum absolute atomic E-state index is 0.184. The molecule has 0 aromatic heterocycles. The zero-order valence-electron chi connectivity index (χ0n) is 12.3. The van der Waals surface area contributed by atoms with Crippen molar-refractivity contribution >= 4 is 17.3 Å². The summed E-state index contributed by atoms with van der Waals surface area (Å²) in [7, 11) is 0. The van der Waals surface area contributed by atoms with Crippen molar-refractivity contribution in [1.82, 2.24) is 4.90 Å². The standard InChI is InChI=1S/C16H23N3O2/c17-15-11-13(5-6-14(15)16(20)21)19-9-7-18(8-10-19)12-3-1-2-4-12/h5-6,11-12H,1-4,7-10,17H2,(H,20,21). The number of hydrogen-bond donors (Lipinski definition) is 2. The summed E-state index contributed by atoms with van der Waals surface area (Å²) >= 11 is 0. The molecule has 114 valence electrons. The molecule has 1 aliphatic heterocycles. The van der Waals surface area contributed by atoms with Gasteiger partial charge in [0.05, 0.1) is 5.56 Å². The molecule has 3 N–H and O–H groups in total. The lowest BCUT2D eigenvalue weighted by molar-refractivity contribution is 0.0698. The van der Waals surface area contributed by atoms with Crippen LogP contribution in [0, 0.1) is 0 Å². The lowest BCUT2D eigenvalue weighted by Gasteiger charge is -2.39. The number of piperazine rings is 1. The summed E-state index contributed by atoms with van der Waals surface area (Å²) in [6, 6.07) is 6.04. The van der Waals surface area contributed by atoms with Gasteiger partial charge in [-0.25, -0.2) is 4.79 Å². The second-order valence-electron chi connectivity index (χ2n) is 6.04. The molecule has 0 amide bonds. The average Bonchev–Trinajstić information content (AvgIpc) is 3.01. The highest BCUT2D eigenvalue weighted by Gasteiger charge is 2.26. The van der Waals surface area contributed by atoms with Gasteiger partial charge in [-0.05, 0) is 31.0 Å². The number of aromatic carboxylic acids is 1. The first-order valence-electron chi connectivity index (χ1n) is 7.77. The first kappa shape index (κ1) is 14.2.